The van der Waals surface area contributed by atoms with Crippen LogP contribution < -0.4 is 14.4 Å². The van der Waals surface area contributed by atoms with Gasteiger partial charge in [-0.25, -0.2) is 13.1 Å². The van der Waals surface area contributed by atoms with Crippen molar-refractivity contribution >= 4 is 15.7 Å². The van der Waals surface area contributed by atoms with Crippen molar-refractivity contribution in [3.05, 3.63) is 53.6 Å². The zero-order valence-electron chi connectivity index (χ0n) is 17.0. The molecule has 0 fully saturated rings. The van der Waals surface area contributed by atoms with Crippen LogP contribution in [0.1, 0.15) is 23.6 Å². The molecule has 0 amide bonds. The van der Waals surface area contributed by atoms with Crippen LogP contribution in [0.25, 0.3) is 0 Å². The highest BCUT2D eigenvalue weighted by Gasteiger charge is 2.22. The number of sulfonamides is 1. The van der Waals surface area contributed by atoms with E-state index >= 15 is 0 Å². The van der Waals surface area contributed by atoms with E-state index in [1.54, 1.807) is 31.4 Å². The molecule has 0 aliphatic carbocycles. The molecule has 2 aromatic rings. The van der Waals surface area contributed by atoms with Gasteiger partial charge in [0.25, 0.3) is 0 Å². The lowest BCUT2D eigenvalue weighted by Crippen LogP contribution is -2.34. The molecule has 1 aliphatic rings. The molecule has 1 N–H and O–H groups in total. The fourth-order valence-electron chi connectivity index (χ4n) is 3.64. The van der Waals surface area contributed by atoms with E-state index in [0.717, 1.165) is 24.9 Å². The predicted molar refractivity (Wildman–Crippen MR) is 113 cm³/mol. The van der Waals surface area contributed by atoms with Crippen LogP contribution in [-0.4, -0.2) is 54.7 Å². The number of hydrogen-bond donors (Lipinski definition) is 1. The van der Waals surface area contributed by atoms with E-state index < -0.39 is 10.0 Å². The minimum absolute atomic E-state index is 0.0504. The summed E-state index contributed by atoms with van der Waals surface area (Å²) in [4.78, 5) is 4.56. The van der Waals surface area contributed by atoms with Gasteiger partial charge in [-0.05, 0) is 68.4 Å². The number of nitrogens with one attached hydrogen (secondary N) is 1. The highest BCUT2D eigenvalue weighted by Crippen LogP contribution is 2.30. The van der Waals surface area contributed by atoms with E-state index in [1.165, 1.54) is 11.3 Å². The highest BCUT2D eigenvalue weighted by molar-refractivity contribution is 7.89. The first-order chi connectivity index (χ1) is 13.3. The molecular weight excluding hydrogens is 374 g/mol. The number of methoxy groups -OCH3 is 1. The second kappa shape index (κ2) is 8.51. The fourth-order valence-corrected chi connectivity index (χ4v) is 4.68. The van der Waals surface area contributed by atoms with Gasteiger partial charge in [0.2, 0.25) is 10.0 Å². The van der Waals surface area contributed by atoms with Crippen LogP contribution in [0.4, 0.5) is 5.69 Å². The smallest absolute Gasteiger partial charge is 0.240 e. The summed E-state index contributed by atoms with van der Waals surface area (Å²) in [7, 11) is 4.02. The molecule has 28 heavy (non-hydrogen) atoms. The van der Waals surface area contributed by atoms with E-state index in [9.17, 15) is 8.42 Å². The van der Waals surface area contributed by atoms with Gasteiger partial charge in [-0.2, -0.15) is 0 Å². The number of fused-ring (bicyclic) bond motifs is 1. The maximum absolute atomic E-state index is 12.7. The quantitative estimate of drug-likeness (QED) is 0.770. The number of aryl methyl sites for hydroxylation is 1. The third kappa shape index (κ3) is 4.48. The first kappa shape index (κ1) is 20.6. The molecular formula is C21H29N3O3S. The van der Waals surface area contributed by atoms with Crippen LogP contribution in [0, 0.1) is 0 Å². The number of anilines is 1. The van der Waals surface area contributed by atoms with E-state index in [1.807, 2.05) is 19.0 Å². The highest BCUT2D eigenvalue weighted by atomic mass is 32.2. The Hall–Kier alpha value is -2.09. The molecule has 0 saturated carbocycles. The topological polar surface area (TPSA) is 61.9 Å². The molecule has 0 radical (unpaired) electrons. The summed E-state index contributed by atoms with van der Waals surface area (Å²) in [6.45, 7) is 1.38. The first-order valence-corrected chi connectivity index (χ1v) is 10.9. The summed E-state index contributed by atoms with van der Waals surface area (Å²) in [5, 5.41) is 0. The zero-order chi connectivity index (χ0) is 20.3. The van der Waals surface area contributed by atoms with Crippen LogP contribution in [0.5, 0.6) is 5.75 Å². The molecule has 1 atom stereocenters. The van der Waals surface area contributed by atoms with Gasteiger partial charge in [-0.15, -0.1) is 0 Å². The summed E-state index contributed by atoms with van der Waals surface area (Å²) < 4.78 is 33.2. The normalized spacial score (nSPS) is 15.4. The number of likely N-dealkylation sites (N-methyl/N-ethyl adjacent to an activating group) is 1. The summed E-state index contributed by atoms with van der Waals surface area (Å²) >= 11 is 0. The average Bonchev–Trinajstić information content (AvgIpc) is 2.68. The molecule has 1 aliphatic heterocycles. The van der Waals surface area contributed by atoms with Crippen molar-refractivity contribution in [3.63, 3.8) is 0 Å². The predicted octanol–water partition coefficient (Wildman–Crippen LogP) is 2.66. The van der Waals surface area contributed by atoms with Crippen molar-refractivity contribution in [1.29, 1.82) is 0 Å². The van der Waals surface area contributed by atoms with Gasteiger partial charge in [0.05, 0.1) is 12.0 Å². The van der Waals surface area contributed by atoms with Crippen molar-refractivity contribution in [3.8, 4) is 5.75 Å². The standard InChI is InChI=1S/C21H29N3O3S/c1-23(2)21(17-7-12-20-16(14-17)6-5-13-24(20)3)15-22-28(25,26)19-10-8-18(27-4)9-11-19/h7-12,14,21-22H,5-6,13,15H2,1-4H3. The fraction of sp³-hybridized carbons (Fsp3) is 0.429. The van der Waals surface area contributed by atoms with Crippen LogP contribution in [0.3, 0.4) is 0 Å². The van der Waals surface area contributed by atoms with Crippen molar-refractivity contribution in [1.82, 2.24) is 9.62 Å². The van der Waals surface area contributed by atoms with E-state index in [2.05, 4.69) is 34.9 Å². The second-order valence-electron chi connectivity index (χ2n) is 7.42. The summed E-state index contributed by atoms with van der Waals surface area (Å²) in [6.07, 6.45) is 2.20. The number of hydrogen-bond acceptors (Lipinski definition) is 5. The zero-order valence-corrected chi connectivity index (χ0v) is 17.8. The SMILES string of the molecule is COc1ccc(S(=O)(=O)NCC(c2ccc3c(c2)CCCN3C)N(C)C)cc1. The Labute approximate surface area is 168 Å². The van der Waals surface area contributed by atoms with Crippen LogP contribution >= 0.6 is 0 Å². The number of benzene rings is 2. The summed E-state index contributed by atoms with van der Waals surface area (Å²) in [5.74, 6) is 0.629. The van der Waals surface area contributed by atoms with Gasteiger partial charge in [0, 0.05) is 31.9 Å². The minimum atomic E-state index is -3.59. The monoisotopic (exact) mass is 403 g/mol. The molecule has 0 aromatic heterocycles. The average molecular weight is 404 g/mol. The van der Waals surface area contributed by atoms with Gasteiger partial charge >= 0.3 is 0 Å². The minimum Gasteiger partial charge on any atom is -0.497 e. The Balaban J connectivity index is 1.78. The van der Waals surface area contributed by atoms with E-state index in [-0.39, 0.29) is 10.9 Å². The molecule has 3 rings (SSSR count). The van der Waals surface area contributed by atoms with Crippen LogP contribution in [-0.2, 0) is 16.4 Å². The molecule has 152 valence electrons. The lowest BCUT2D eigenvalue weighted by atomic mass is 9.96. The van der Waals surface area contributed by atoms with E-state index in [0.29, 0.717) is 12.3 Å². The second-order valence-corrected chi connectivity index (χ2v) is 9.19. The van der Waals surface area contributed by atoms with Crippen molar-refractivity contribution in [2.45, 2.75) is 23.8 Å². The Morgan fingerprint density at radius 1 is 1.18 bits per heavy atom. The van der Waals surface area contributed by atoms with Crippen molar-refractivity contribution < 1.29 is 13.2 Å². The summed E-state index contributed by atoms with van der Waals surface area (Å²) in [5.41, 5.74) is 3.72. The third-order valence-corrected chi connectivity index (χ3v) is 6.74. The maximum atomic E-state index is 12.7. The molecule has 2 aromatic carbocycles. The largest absolute Gasteiger partial charge is 0.497 e. The third-order valence-electron chi connectivity index (χ3n) is 5.30. The van der Waals surface area contributed by atoms with Gasteiger partial charge in [0.1, 0.15) is 5.75 Å². The Bertz CT molecular complexity index is 911. The molecule has 6 nitrogen and oxygen atoms in total. The van der Waals surface area contributed by atoms with Gasteiger partial charge < -0.3 is 14.5 Å². The number of nitrogens with zero attached hydrogens (tertiary/aromatic N) is 2. The van der Waals surface area contributed by atoms with Crippen LogP contribution in [0.2, 0.25) is 0 Å². The van der Waals surface area contributed by atoms with Crippen molar-refractivity contribution in [2.24, 2.45) is 0 Å². The Morgan fingerprint density at radius 2 is 1.89 bits per heavy atom. The molecule has 0 saturated heterocycles. The Morgan fingerprint density at radius 3 is 2.54 bits per heavy atom. The van der Waals surface area contributed by atoms with Crippen LogP contribution in [0.15, 0.2) is 47.4 Å². The van der Waals surface area contributed by atoms with Crippen molar-refractivity contribution in [2.75, 3.05) is 46.2 Å². The first-order valence-electron chi connectivity index (χ1n) is 9.46. The van der Waals surface area contributed by atoms with E-state index in [4.69, 9.17) is 4.74 Å². The molecule has 7 heteroatoms. The molecule has 0 spiro atoms. The lowest BCUT2D eigenvalue weighted by Gasteiger charge is -2.30. The van der Waals surface area contributed by atoms with Gasteiger partial charge in [-0.3, -0.25) is 0 Å². The molecule has 0 bridgehead atoms. The maximum Gasteiger partial charge on any atom is 0.240 e. The Kier molecular flexibility index (Phi) is 6.27. The number of ether oxygens (including phenoxy) is 1. The number of rotatable bonds is 7. The molecule has 1 heterocycles. The lowest BCUT2D eigenvalue weighted by molar-refractivity contribution is 0.299. The van der Waals surface area contributed by atoms with Gasteiger partial charge in [-0.1, -0.05) is 12.1 Å². The summed E-state index contributed by atoms with van der Waals surface area (Å²) in [6, 6.07) is 12.8. The van der Waals surface area contributed by atoms with Gasteiger partial charge in [0.15, 0.2) is 0 Å². The molecule has 1 unspecified atom stereocenters.